The van der Waals surface area contributed by atoms with Crippen molar-refractivity contribution in [3.05, 3.63) is 0 Å². The Balaban J connectivity index is 1.96. The third-order valence-corrected chi connectivity index (χ3v) is 3.93. The monoisotopic (exact) mass is 227 g/mol. The van der Waals surface area contributed by atoms with Gasteiger partial charge in [-0.15, -0.1) is 0 Å². The van der Waals surface area contributed by atoms with Crippen molar-refractivity contribution in [1.82, 2.24) is 4.90 Å². The maximum Gasteiger partial charge on any atom is 0.308 e. The third-order valence-electron chi connectivity index (χ3n) is 3.93. The van der Waals surface area contributed by atoms with Gasteiger partial charge in [-0.25, -0.2) is 0 Å². The molecule has 0 aromatic rings. The average Bonchev–Trinajstić information content (AvgIpc) is 2.98. The molecule has 0 radical (unpaired) electrons. The summed E-state index contributed by atoms with van der Waals surface area (Å²) in [6, 6.07) is 0.441. The third kappa shape index (κ3) is 2.38. The van der Waals surface area contributed by atoms with Crippen LogP contribution in [0.2, 0.25) is 0 Å². The van der Waals surface area contributed by atoms with E-state index in [1.165, 1.54) is 12.8 Å². The highest BCUT2D eigenvalue weighted by Crippen LogP contribution is 2.38. The average molecular weight is 227 g/mol. The molecule has 92 valence electrons. The Morgan fingerprint density at radius 2 is 2.19 bits per heavy atom. The van der Waals surface area contributed by atoms with Crippen molar-refractivity contribution in [1.29, 1.82) is 0 Å². The van der Waals surface area contributed by atoms with Gasteiger partial charge in [0.25, 0.3) is 0 Å². The summed E-state index contributed by atoms with van der Waals surface area (Å²) in [6.07, 6.45) is 2.55. The van der Waals surface area contributed by atoms with Crippen molar-refractivity contribution >= 4 is 5.97 Å². The molecule has 1 aliphatic carbocycles. The molecule has 1 saturated heterocycles. The number of likely N-dealkylation sites (tertiary alicyclic amines) is 1. The number of rotatable bonds is 5. The predicted octanol–water partition coefficient (Wildman–Crippen LogP) is 1.06. The molecule has 1 N–H and O–H groups in total. The molecule has 4 heteroatoms. The Bertz CT molecular complexity index is 265. The number of hydrogen-bond acceptors (Lipinski definition) is 3. The fourth-order valence-electron chi connectivity index (χ4n) is 2.79. The van der Waals surface area contributed by atoms with Crippen molar-refractivity contribution in [3.63, 3.8) is 0 Å². The summed E-state index contributed by atoms with van der Waals surface area (Å²) in [5.41, 5.74) is 0. The van der Waals surface area contributed by atoms with Gasteiger partial charge in [0.15, 0.2) is 0 Å². The molecule has 3 atom stereocenters. The highest BCUT2D eigenvalue weighted by molar-refractivity contribution is 5.71. The van der Waals surface area contributed by atoms with Crippen LogP contribution in [-0.4, -0.2) is 48.8 Å². The van der Waals surface area contributed by atoms with Crippen LogP contribution in [0.3, 0.4) is 0 Å². The predicted molar refractivity (Wildman–Crippen MR) is 60.3 cm³/mol. The van der Waals surface area contributed by atoms with E-state index in [0.29, 0.717) is 12.6 Å². The minimum absolute atomic E-state index is 0.196. The first-order valence-corrected chi connectivity index (χ1v) is 6.09. The van der Waals surface area contributed by atoms with Gasteiger partial charge in [-0.1, -0.05) is 6.92 Å². The lowest BCUT2D eigenvalue weighted by Gasteiger charge is -2.27. The minimum atomic E-state index is -0.651. The van der Waals surface area contributed by atoms with E-state index in [4.69, 9.17) is 9.84 Å². The molecule has 0 amide bonds. The highest BCUT2D eigenvalue weighted by Gasteiger charge is 2.42. The maximum absolute atomic E-state index is 11.1. The molecular formula is C12H21NO3. The van der Waals surface area contributed by atoms with E-state index < -0.39 is 5.97 Å². The maximum atomic E-state index is 11.1. The van der Waals surface area contributed by atoms with E-state index in [0.717, 1.165) is 19.1 Å². The van der Waals surface area contributed by atoms with E-state index in [9.17, 15) is 4.79 Å². The molecule has 0 spiro atoms. The largest absolute Gasteiger partial charge is 0.481 e. The van der Waals surface area contributed by atoms with Crippen molar-refractivity contribution in [2.45, 2.75) is 25.8 Å². The molecule has 0 aromatic heterocycles. The Morgan fingerprint density at radius 3 is 2.62 bits per heavy atom. The first-order valence-electron chi connectivity index (χ1n) is 6.09. The highest BCUT2D eigenvalue weighted by atomic mass is 16.5. The van der Waals surface area contributed by atoms with Gasteiger partial charge in [-0.05, 0) is 24.7 Å². The molecule has 4 nitrogen and oxygen atoms in total. The van der Waals surface area contributed by atoms with Crippen molar-refractivity contribution < 1.29 is 14.6 Å². The summed E-state index contributed by atoms with van der Waals surface area (Å²) >= 11 is 0. The lowest BCUT2D eigenvalue weighted by atomic mass is 9.99. The lowest BCUT2D eigenvalue weighted by molar-refractivity contribution is -0.142. The SMILES string of the molecule is COCC(C1CC1)N1CC(C)C(C(=O)O)C1. The molecule has 2 fully saturated rings. The molecule has 2 rings (SSSR count). The quantitative estimate of drug-likeness (QED) is 0.763. The standard InChI is InChI=1S/C12H21NO3/c1-8-5-13(6-10(8)12(14)15)11(7-16-2)9-3-4-9/h8-11H,3-7H2,1-2H3,(H,14,15). The van der Waals surface area contributed by atoms with E-state index in [2.05, 4.69) is 4.90 Å². The Hall–Kier alpha value is -0.610. The van der Waals surface area contributed by atoms with Crippen molar-refractivity contribution in [2.24, 2.45) is 17.8 Å². The van der Waals surface area contributed by atoms with Crippen LogP contribution in [0.4, 0.5) is 0 Å². The summed E-state index contributed by atoms with van der Waals surface area (Å²) in [4.78, 5) is 13.4. The van der Waals surface area contributed by atoms with E-state index in [1.54, 1.807) is 7.11 Å². The topological polar surface area (TPSA) is 49.8 Å². The number of hydrogen-bond donors (Lipinski definition) is 1. The molecule has 1 saturated carbocycles. The first-order chi connectivity index (χ1) is 7.63. The Labute approximate surface area is 96.6 Å². The second kappa shape index (κ2) is 4.72. The fraction of sp³-hybridized carbons (Fsp3) is 0.917. The number of aliphatic carboxylic acids is 1. The Kier molecular flexibility index (Phi) is 3.50. The van der Waals surface area contributed by atoms with E-state index >= 15 is 0 Å². The summed E-state index contributed by atoms with van der Waals surface area (Å²) in [5, 5.41) is 9.11. The number of methoxy groups -OCH3 is 1. The van der Waals surface area contributed by atoms with Gasteiger partial charge in [0.2, 0.25) is 0 Å². The summed E-state index contributed by atoms with van der Waals surface area (Å²) in [6.45, 7) is 4.38. The van der Waals surface area contributed by atoms with Crippen molar-refractivity contribution in [2.75, 3.05) is 26.8 Å². The molecule has 2 aliphatic rings. The second-order valence-electron chi connectivity index (χ2n) is 5.24. The van der Waals surface area contributed by atoms with Crippen molar-refractivity contribution in [3.8, 4) is 0 Å². The molecular weight excluding hydrogens is 206 g/mol. The molecule has 16 heavy (non-hydrogen) atoms. The van der Waals surface area contributed by atoms with Gasteiger partial charge in [-0.2, -0.15) is 0 Å². The van der Waals surface area contributed by atoms with Crippen LogP contribution in [0.5, 0.6) is 0 Å². The zero-order valence-electron chi connectivity index (χ0n) is 10.1. The second-order valence-corrected chi connectivity index (χ2v) is 5.24. The molecule has 1 aliphatic heterocycles. The summed E-state index contributed by atoms with van der Waals surface area (Å²) in [7, 11) is 1.73. The summed E-state index contributed by atoms with van der Waals surface area (Å²) < 4.78 is 5.26. The molecule has 0 bridgehead atoms. The van der Waals surface area contributed by atoms with Gasteiger partial charge in [0.1, 0.15) is 0 Å². The fourth-order valence-corrected chi connectivity index (χ4v) is 2.79. The van der Waals surface area contributed by atoms with Crippen LogP contribution in [0.1, 0.15) is 19.8 Å². The zero-order valence-corrected chi connectivity index (χ0v) is 10.1. The van der Waals surface area contributed by atoms with Gasteiger partial charge in [0.05, 0.1) is 12.5 Å². The van der Waals surface area contributed by atoms with Crippen LogP contribution in [-0.2, 0) is 9.53 Å². The number of carboxylic acid groups (broad SMARTS) is 1. The van der Waals surface area contributed by atoms with Gasteiger partial charge >= 0.3 is 5.97 Å². The number of carbonyl (C=O) groups is 1. The molecule has 1 heterocycles. The van der Waals surface area contributed by atoms with Crippen LogP contribution in [0, 0.1) is 17.8 Å². The smallest absolute Gasteiger partial charge is 0.308 e. The minimum Gasteiger partial charge on any atom is -0.481 e. The number of carboxylic acids is 1. The number of nitrogens with zero attached hydrogens (tertiary/aromatic N) is 1. The van der Waals surface area contributed by atoms with E-state index in [-0.39, 0.29) is 11.8 Å². The van der Waals surface area contributed by atoms with Crippen LogP contribution in [0.15, 0.2) is 0 Å². The van der Waals surface area contributed by atoms with Gasteiger partial charge < -0.3 is 9.84 Å². The van der Waals surface area contributed by atoms with Gasteiger partial charge in [0, 0.05) is 26.2 Å². The van der Waals surface area contributed by atoms with Gasteiger partial charge in [-0.3, -0.25) is 9.69 Å². The first kappa shape index (κ1) is 11.9. The lowest BCUT2D eigenvalue weighted by Crippen LogP contribution is -2.39. The van der Waals surface area contributed by atoms with Crippen LogP contribution >= 0.6 is 0 Å². The van der Waals surface area contributed by atoms with E-state index in [1.807, 2.05) is 6.92 Å². The zero-order chi connectivity index (χ0) is 11.7. The number of ether oxygens (including phenoxy) is 1. The molecule has 3 unspecified atom stereocenters. The van der Waals surface area contributed by atoms with Crippen LogP contribution < -0.4 is 0 Å². The molecule has 0 aromatic carbocycles. The summed E-state index contributed by atoms with van der Waals surface area (Å²) in [5.74, 6) is 0.148. The van der Waals surface area contributed by atoms with Crippen LogP contribution in [0.25, 0.3) is 0 Å². The Morgan fingerprint density at radius 1 is 1.50 bits per heavy atom. The normalized spacial score (nSPS) is 32.9.